The van der Waals surface area contributed by atoms with E-state index in [2.05, 4.69) is 31.3 Å². The third-order valence-corrected chi connectivity index (χ3v) is 6.84. The average molecular weight is 674 g/mol. The highest BCUT2D eigenvalue weighted by Gasteiger charge is 2.31. The van der Waals surface area contributed by atoms with Crippen LogP contribution in [0, 0.1) is 0 Å². The van der Waals surface area contributed by atoms with Gasteiger partial charge in [0.1, 0.15) is 24.2 Å². The number of rotatable bonds is 26. The van der Waals surface area contributed by atoms with Crippen molar-refractivity contribution in [2.75, 3.05) is 32.8 Å². The fourth-order valence-corrected chi connectivity index (χ4v) is 4.23. The number of carbonyl (C=O) groups excluding carboxylic acids is 4. The van der Waals surface area contributed by atoms with Crippen LogP contribution < -0.4 is 61.4 Å². The summed E-state index contributed by atoms with van der Waals surface area (Å²) < 4.78 is 0. The van der Waals surface area contributed by atoms with Gasteiger partial charge in [0.05, 0.1) is 12.6 Å². The van der Waals surface area contributed by atoms with Crippen molar-refractivity contribution in [1.29, 1.82) is 0 Å². The van der Waals surface area contributed by atoms with E-state index in [4.69, 9.17) is 40.1 Å². The zero-order valence-electron chi connectivity index (χ0n) is 26.9. The molecular formula is C27H55N13O7. The van der Waals surface area contributed by atoms with E-state index in [1.807, 2.05) is 0 Å². The number of aliphatic carboxylic acids is 1. The lowest BCUT2D eigenvalue weighted by atomic mass is 10.0. The van der Waals surface area contributed by atoms with Gasteiger partial charge < -0.3 is 71.6 Å². The molecule has 0 saturated heterocycles. The van der Waals surface area contributed by atoms with Gasteiger partial charge in [-0.25, -0.2) is 4.79 Å². The smallest absolute Gasteiger partial charge is 0.328 e. The Kier molecular flexibility index (Phi) is 22.6. The highest BCUT2D eigenvalue weighted by atomic mass is 16.4. The first-order chi connectivity index (χ1) is 22.3. The van der Waals surface area contributed by atoms with Crippen LogP contribution in [0.2, 0.25) is 0 Å². The zero-order chi connectivity index (χ0) is 35.8. The quantitative estimate of drug-likeness (QED) is 0.0232. The molecule has 47 heavy (non-hydrogen) atoms. The van der Waals surface area contributed by atoms with Gasteiger partial charge in [0.25, 0.3) is 0 Å². The van der Waals surface area contributed by atoms with Gasteiger partial charge in [-0.15, -0.1) is 0 Å². The molecule has 0 radical (unpaired) electrons. The number of nitrogens with two attached hydrogens (primary N) is 7. The van der Waals surface area contributed by atoms with Crippen LogP contribution in [0.25, 0.3) is 0 Å². The van der Waals surface area contributed by atoms with Crippen molar-refractivity contribution in [2.45, 2.75) is 94.4 Å². The molecule has 0 fully saturated rings. The average Bonchev–Trinajstić information content (AvgIpc) is 3.01. The molecule has 0 spiro atoms. The lowest BCUT2D eigenvalue weighted by Gasteiger charge is -2.26. The van der Waals surface area contributed by atoms with Gasteiger partial charge in [-0.05, 0) is 77.3 Å². The van der Waals surface area contributed by atoms with Crippen molar-refractivity contribution in [3.05, 3.63) is 0 Å². The number of hydrogen-bond donors (Lipinski definition) is 13. The number of nitrogens with one attached hydrogen (secondary N) is 4. The Morgan fingerprint density at radius 2 is 0.915 bits per heavy atom. The van der Waals surface area contributed by atoms with Gasteiger partial charge in [0.15, 0.2) is 11.9 Å². The monoisotopic (exact) mass is 673 g/mol. The molecule has 5 atom stereocenters. The maximum atomic E-state index is 13.5. The Morgan fingerprint density at radius 1 is 0.553 bits per heavy atom. The van der Waals surface area contributed by atoms with Crippen molar-refractivity contribution < 1.29 is 34.2 Å². The van der Waals surface area contributed by atoms with Crippen molar-refractivity contribution >= 4 is 41.5 Å². The number of guanidine groups is 2. The van der Waals surface area contributed by atoms with Gasteiger partial charge in [-0.3, -0.25) is 29.2 Å². The lowest BCUT2D eigenvalue weighted by Crippen LogP contribution is -2.58. The molecule has 270 valence electrons. The maximum absolute atomic E-state index is 13.5. The van der Waals surface area contributed by atoms with Crippen LogP contribution in [-0.2, 0) is 24.0 Å². The molecule has 0 unspecified atom stereocenters. The molecule has 0 aliphatic carbocycles. The van der Waals surface area contributed by atoms with Crippen LogP contribution in [-0.4, -0.2) is 115 Å². The predicted octanol–water partition coefficient (Wildman–Crippen LogP) is -5.31. The number of carboxylic acid groups (broad SMARTS) is 1. The summed E-state index contributed by atoms with van der Waals surface area (Å²) in [4.78, 5) is 71.8. The van der Waals surface area contributed by atoms with Gasteiger partial charge in [-0.1, -0.05) is 0 Å². The standard InChI is InChI=1S/C27H55N13O7/c28-11-3-1-8-17(37-21(42)16(30)7-5-13-35-26(31)32)22(43)38-18(9-2-4-12-29)23(44)39-19(10-6-14-36-27(33)34)24(45)40-20(15-41)25(46)47/h16-20,41H,1-15,28-30H2,(H,37,42)(H,38,43)(H,39,44)(H,40,45)(H,46,47)(H4,31,32,35)(H4,33,34,36)/t16-,17-,18-,19-,20-/m0/s1. The molecule has 20 N–H and O–H groups in total. The molecule has 20 nitrogen and oxygen atoms in total. The maximum Gasteiger partial charge on any atom is 0.328 e. The minimum Gasteiger partial charge on any atom is -0.480 e. The first-order valence-electron chi connectivity index (χ1n) is 15.6. The molecule has 0 aliphatic rings. The number of carboxylic acids is 1. The Hall–Kier alpha value is -4.27. The van der Waals surface area contributed by atoms with Crippen LogP contribution >= 0.6 is 0 Å². The predicted molar refractivity (Wildman–Crippen MR) is 176 cm³/mol. The fourth-order valence-electron chi connectivity index (χ4n) is 4.23. The third kappa shape index (κ3) is 19.8. The van der Waals surface area contributed by atoms with Crippen LogP contribution in [0.3, 0.4) is 0 Å². The summed E-state index contributed by atoms with van der Waals surface area (Å²) in [5, 5.41) is 28.6. The van der Waals surface area contributed by atoms with E-state index >= 15 is 0 Å². The first-order valence-corrected chi connectivity index (χ1v) is 15.6. The highest BCUT2D eigenvalue weighted by molar-refractivity contribution is 5.95. The summed E-state index contributed by atoms with van der Waals surface area (Å²) in [7, 11) is 0. The van der Waals surface area contributed by atoms with Gasteiger partial charge in [-0.2, -0.15) is 0 Å². The zero-order valence-corrected chi connectivity index (χ0v) is 26.9. The Labute approximate surface area is 274 Å². The lowest BCUT2D eigenvalue weighted by molar-refractivity contribution is -0.143. The topological polar surface area (TPSA) is 381 Å². The number of aliphatic hydroxyl groups excluding tert-OH is 1. The highest BCUT2D eigenvalue weighted by Crippen LogP contribution is 2.08. The number of nitrogens with zero attached hydrogens (tertiary/aromatic N) is 2. The fraction of sp³-hybridized carbons (Fsp3) is 0.741. The van der Waals surface area contributed by atoms with E-state index in [0.717, 1.165) is 0 Å². The second kappa shape index (κ2) is 24.9. The van der Waals surface area contributed by atoms with Crippen LogP contribution in [0.15, 0.2) is 9.98 Å². The molecule has 0 aliphatic heterocycles. The van der Waals surface area contributed by atoms with Gasteiger partial charge in [0.2, 0.25) is 23.6 Å². The van der Waals surface area contributed by atoms with E-state index in [9.17, 15) is 34.2 Å². The summed E-state index contributed by atoms with van der Waals surface area (Å²) >= 11 is 0. The van der Waals surface area contributed by atoms with Crippen molar-refractivity contribution in [3.8, 4) is 0 Å². The molecule has 0 aromatic heterocycles. The van der Waals surface area contributed by atoms with Crippen LogP contribution in [0.5, 0.6) is 0 Å². The minimum atomic E-state index is -1.62. The number of hydrogen-bond acceptors (Lipinski definition) is 11. The molecule has 0 heterocycles. The van der Waals surface area contributed by atoms with Crippen molar-refractivity contribution in [2.24, 2.45) is 50.1 Å². The summed E-state index contributed by atoms with van der Waals surface area (Å²) in [6.45, 7) is 0.191. The Morgan fingerprint density at radius 3 is 1.28 bits per heavy atom. The molecule has 0 saturated carbocycles. The summed E-state index contributed by atoms with van der Waals surface area (Å²) in [5.41, 5.74) is 38.5. The minimum absolute atomic E-state index is 0.00552. The summed E-state index contributed by atoms with van der Waals surface area (Å²) in [5.74, 6) is -4.60. The number of unbranched alkanes of at least 4 members (excludes halogenated alkanes) is 2. The Balaban J connectivity index is 5.91. The summed E-state index contributed by atoms with van der Waals surface area (Å²) in [6, 6.07) is -6.05. The van der Waals surface area contributed by atoms with Crippen molar-refractivity contribution in [3.63, 3.8) is 0 Å². The second-order valence-corrected chi connectivity index (χ2v) is 10.8. The van der Waals surface area contributed by atoms with E-state index in [1.54, 1.807) is 0 Å². The number of carbonyl (C=O) groups is 5. The molecule has 0 aromatic carbocycles. The SMILES string of the molecule is NCCCC[C@H](NC(=O)[C@H](CCCCN)NC(=O)[C@@H](N)CCCN=C(N)N)C(=O)N[C@@H](CCCN=C(N)N)C(=O)N[C@@H](CO)C(=O)O. The van der Waals surface area contributed by atoms with E-state index in [0.29, 0.717) is 45.2 Å². The molecule has 0 bridgehead atoms. The van der Waals surface area contributed by atoms with E-state index in [1.165, 1.54) is 0 Å². The van der Waals surface area contributed by atoms with Crippen LogP contribution in [0.1, 0.15) is 64.2 Å². The first kappa shape index (κ1) is 42.7. The third-order valence-electron chi connectivity index (χ3n) is 6.84. The van der Waals surface area contributed by atoms with E-state index < -0.39 is 66.4 Å². The molecule has 20 heteroatoms. The second-order valence-electron chi connectivity index (χ2n) is 10.8. The molecule has 0 aromatic rings. The Bertz CT molecular complexity index is 1040. The normalized spacial score (nSPS) is 14.0. The number of aliphatic imine (C=N–C) groups is 2. The largest absolute Gasteiger partial charge is 0.480 e. The van der Waals surface area contributed by atoms with Gasteiger partial charge in [0, 0.05) is 13.1 Å². The van der Waals surface area contributed by atoms with Gasteiger partial charge >= 0.3 is 5.97 Å². The number of amides is 4. The number of aliphatic hydroxyl groups is 1. The molecule has 4 amide bonds. The molecule has 0 rings (SSSR count). The van der Waals surface area contributed by atoms with Crippen LogP contribution in [0.4, 0.5) is 0 Å². The van der Waals surface area contributed by atoms with Crippen molar-refractivity contribution in [1.82, 2.24) is 21.3 Å². The molecular weight excluding hydrogens is 618 g/mol. The van der Waals surface area contributed by atoms with E-state index in [-0.39, 0.29) is 57.1 Å². The summed E-state index contributed by atoms with van der Waals surface area (Å²) in [6.07, 6.45) is 3.27.